The van der Waals surface area contributed by atoms with E-state index in [1.54, 1.807) is 6.92 Å². The average molecular weight is 433 g/mol. The third-order valence-corrected chi connectivity index (χ3v) is 7.25. The Bertz CT molecular complexity index is 916. The van der Waals surface area contributed by atoms with E-state index in [0.717, 1.165) is 76.8 Å². The lowest BCUT2D eigenvalue weighted by molar-refractivity contribution is -0.130. The molecule has 2 heterocycles. The maximum Gasteiger partial charge on any atom is 0.219 e. The number of likely N-dealkylation sites (tertiary alicyclic amines) is 1. The quantitative estimate of drug-likeness (QED) is 0.585. The minimum Gasteiger partial charge on any atom is -0.343 e. The van der Waals surface area contributed by atoms with Crippen LogP contribution >= 0.6 is 0 Å². The summed E-state index contributed by atoms with van der Waals surface area (Å²) in [6, 6.07) is 17.1. The van der Waals surface area contributed by atoms with Gasteiger partial charge in [-0.3, -0.25) is 14.5 Å². The molecule has 2 aliphatic rings. The molecule has 2 aliphatic heterocycles. The molecule has 1 saturated heterocycles. The van der Waals surface area contributed by atoms with Crippen LogP contribution in [-0.4, -0.2) is 47.7 Å². The molecule has 0 aliphatic carbocycles. The normalized spacial score (nSPS) is 17.6. The van der Waals surface area contributed by atoms with Gasteiger partial charge in [-0.1, -0.05) is 42.5 Å². The standard InChI is InChI=1S/C28H36N2O2/c1-22(31)30-18-12-23(13-19-30)8-5-9-28(32)27-11-10-25-14-16-29(17-15-26(25)20-27)21-24-6-3-2-4-7-24/h2-4,6-7,10-11,20,23H,5,8-9,12-19,21H2,1H3. The smallest absolute Gasteiger partial charge is 0.219 e. The number of rotatable bonds is 7. The zero-order valence-electron chi connectivity index (χ0n) is 19.4. The summed E-state index contributed by atoms with van der Waals surface area (Å²) in [4.78, 5) is 28.8. The molecule has 0 unspecified atom stereocenters. The second-order valence-corrected chi connectivity index (χ2v) is 9.51. The molecule has 0 aromatic heterocycles. The number of carbonyl (C=O) groups excluding carboxylic acids is 2. The van der Waals surface area contributed by atoms with Gasteiger partial charge in [0.2, 0.25) is 5.91 Å². The summed E-state index contributed by atoms with van der Waals surface area (Å²) < 4.78 is 0. The Morgan fingerprint density at radius 2 is 1.62 bits per heavy atom. The Morgan fingerprint density at radius 1 is 0.906 bits per heavy atom. The summed E-state index contributed by atoms with van der Waals surface area (Å²) in [7, 11) is 0. The highest BCUT2D eigenvalue weighted by Gasteiger charge is 2.21. The van der Waals surface area contributed by atoms with E-state index in [1.807, 2.05) is 11.0 Å². The highest BCUT2D eigenvalue weighted by atomic mass is 16.2. The van der Waals surface area contributed by atoms with Gasteiger partial charge in [0.05, 0.1) is 0 Å². The van der Waals surface area contributed by atoms with E-state index >= 15 is 0 Å². The maximum atomic E-state index is 12.8. The zero-order chi connectivity index (χ0) is 22.3. The number of Topliss-reactive ketones (excluding diaryl/α,β-unsaturated/α-hetero) is 1. The fourth-order valence-electron chi connectivity index (χ4n) is 5.18. The highest BCUT2D eigenvalue weighted by molar-refractivity contribution is 5.96. The van der Waals surface area contributed by atoms with E-state index in [1.165, 1.54) is 16.7 Å². The molecular formula is C28H36N2O2. The number of ketones is 1. The van der Waals surface area contributed by atoms with Crippen molar-refractivity contribution in [1.29, 1.82) is 0 Å². The van der Waals surface area contributed by atoms with Crippen LogP contribution in [0.5, 0.6) is 0 Å². The van der Waals surface area contributed by atoms with E-state index < -0.39 is 0 Å². The van der Waals surface area contributed by atoms with Crippen molar-refractivity contribution in [3.63, 3.8) is 0 Å². The number of amides is 1. The van der Waals surface area contributed by atoms with Crippen molar-refractivity contribution in [3.8, 4) is 0 Å². The van der Waals surface area contributed by atoms with Gasteiger partial charge >= 0.3 is 0 Å². The first-order valence-electron chi connectivity index (χ1n) is 12.3. The Morgan fingerprint density at radius 3 is 2.34 bits per heavy atom. The van der Waals surface area contributed by atoms with Gasteiger partial charge in [-0.2, -0.15) is 0 Å². The summed E-state index contributed by atoms with van der Waals surface area (Å²) in [5.74, 6) is 1.12. The van der Waals surface area contributed by atoms with Gasteiger partial charge in [0.1, 0.15) is 0 Å². The number of nitrogens with zero attached hydrogens (tertiary/aromatic N) is 2. The van der Waals surface area contributed by atoms with Gasteiger partial charge in [0.15, 0.2) is 5.78 Å². The summed E-state index contributed by atoms with van der Waals surface area (Å²) >= 11 is 0. The molecule has 4 rings (SSSR count). The molecule has 0 radical (unpaired) electrons. The Labute approximate surface area is 192 Å². The van der Waals surface area contributed by atoms with Gasteiger partial charge in [0.25, 0.3) is 0 Å². The first-order valence-corrected chi connectivity index (χ1v) is 12.3. The van der Waals surface area contributed by atoms with Crippen molar-refractivity contribution in [1.82, 2.24) is 9.80 Å². The van der Waals surface area contributed by atoms with E-state index in [4.69, 9.17) is 0 Å². The zero-order valence-corrected chi connectivity index (χ0v) is 19.4. The van der Waals surface area contributed by atoms with Crippen molar-refractivity contribution in [2.75, 3.05) is 26.2 Å². The number of hydrogen-bond acceptors (Lipinski definition) is 3. The summed E-state index contributed by atoms with van der Waals surface area (Å²) in [6.07, 6.45) is 6.89. The molecular weight excluding hydrogens is 396 g/mol. The van der Waals surface area contributed by atoms with Gasteiger partial charge in [-0.15, -0.1) is 0 Å². The van der Waals surface area contributed by atoms with Crippen molar-refractivity contribution in [2.45, 2.75) is 58.4 Å². The molecule has 1 amide bonds. The van der Waals surface area contributed by atoms with Crippen molar-refractivity contribution in [3.05, 3.63) is 70.8 Å². The first kappa shape index (κ1) is 22.7. The molecule has 2 aromatic carbocycles. The van der Waals surface area contributed by atoms with Gasteiger partial charge in [0, 0.05) is 51.6 Å². The van der Waals surface area contributed by atoms with Crippen molar-refractivity contribution >= 4 is 11.7 Å². The van der Waals surface area contributed by atoms with Crippen LogP contribution in [0.15, 0.2) is 48.5 Å². The second kappa shape index (κ2) is 10.9. The molecule has 0 saturated carbocycles. The van der Waals surface area contributed by atoms with E-state index in [9.17, 15) is 9.59 Å². The summed E-state index contributed by atoms with van der Waals surface area (Å²) in [5, 5.41) is 0. The van der Waals surface area contributed by atoms with Crippen LogP contribution in [0, 0.1) is 5.92 Å². The molecule has 2 aromatic rings. The lowest BCUT2D eigenvalue weighted by atomic mass is 9.90. The average Bonchev–Trinajstić information content (AvgIpc) is 3.02. The molecule has 32 heavy (non-hydrogen) atoms. The van der Waals surface area contributed by atoms with Crippen LogP contribution in [0.4, 0.5) is 0 Å². The molecule has 0 atom stereocenters. The van der Waals surface area contributed by atoms with Crippen LogP contribution in [-0.2, 0) is 24.2 Å². The van der Waals surface area contributed by atoms with Crippen LogP contribution in [0.3, 0.4) is 0 Å². The number of carbonyl (C=O) groups is 2. The Balaban J connectivity index is 1.25. The van der Waals surface area contributed by atoms with Gasteiger partial charge < -0.3 is 4.90 Å². The highest BCUT2D eigenvalue weighted by Crippen LogP contribution is 2.24. The fourth-order valence-corrected chi connectivity index (χ4v) is 5.18. The van der Waals surface area contributed by atoms with Crippen LogP contribution in [0.1, 0.15) is 66.1 Å². The van der Waals surface area contributed by atoms with Gasteiger partial charge in [-0.05, 0) is 67.2 Å². The van der Waals surface area contributed by atoms with Crippen LogP contribution < -0.4 is 0 Å². The summed E-state index contributed by atoms with van der Waals surface area (Å²) in [5.41, 5.74) is 4.99. The SMILES string of the molecule is CC(=O)N1CCC(CCCC(=O)c2ccc3c(c2)CCN(Cc2ccccc2)CC3)CC1. The molecule has 4 heteroatoms. The van der Waals surface area contributed by atoms with E-state index in [-0.39, 0.29) is 11.7 Å². The van der Waals surface area contributed by atoms with E-state index in [0.29, 0.717) is 12.3 Å². The number of fused-ring (bicyclic) bond motifs is 1. The predicted molar refractivity (Wildman–Crippen MR) is 129 cm³/mol. The Kier molecular flexibility index (Phi) is 7.75. The second-order valence-electron chi connectivity index (χ2n) is 9.51. The minimum absolute atomic E-state index is 0.185. The third kappa shape index (κ3) is 6.07. The molecule has 1 fully saturated rings. The lowest BCUT2D eigenvalue weighted by Crippen LogP contribution is -2.36. The van der Waals surface area contributed by atoms with Crippen molar-refractivity contribution < 1.29 is 9.59 Å². The lowest BCUT2D eigenvalue weighted by Gasteiger charge is -2.31. The molecule has 170 valence electrons. The number of benzene rings is 2. The van der Waals surface area contributed by atoms with Crippen molar-refractivity contribution in [2.24, 2.45) is 5.92 Å². The minimum atomic E-state index is 0.185. The first-order chi connectivity index (χ1) is 15.6. The molecule has 0 spiro atoms. The molecule has 4 nitrogen and oxygen atoms in total. The predicted octanol–water partition coefficient (Wildman–Crippen LogP) is 4.90. The fraction of sp³-hybridized carbons (Fsp3) is 0.500. The third-order valence-electron chi connectivity index (χ3n) is 7.25. The monoisotopic (exact) mass is 432 g/mol. The Hall–Kier alpha value is -2.46. The topological polar surface area (TPSA) is 40.6 Å². The van der Waals surface area contributed by atoms with Crippen LogP contribution in [0.2, 0.25) is 0 Å². The largest absolute Gasteiger partial charge is 0.343 e. The maximum absolute atomic E-state index is 12.8. The van der Waals surface area contributed by atoms with Crippen LogP contribution in [0.25, 0.3) is 0 Å². The van der Waals surface area contributed by atoms with Gasteiger partial charge in [-0.25, -0.2) is 0 Å². The number of hydrogen-bond donors (Lipinski definition) is 0. The number of piperidine rings is 1. The molecule has 0 N–H and O–H groups in total. The van der Waals surface area contributed by atoms with E-state index in [2.05, 4.69) is 47.4 Å². The summed E-state index contributed by atoms with van der Waals surface area (Å²) in [6.45, 7) is 6.50. The molecule has 0 bridgehead atoms.